The molecule has 0 unspecified atom stereocenters. The van der Waals surface area contributed by atoms with Crippen molar-refractivity contribution in [3.63, 3.8) is 0 Å². The smallest absolute Gasteiger partial charge is 0.215 e. The third kappa shape index (κ3) is 2.99. The van der Waals surface area contributed by atoms with E-state index in [1.54, 1.807) is 47.3 Å². The van der Waals surface area contributed by atoms with Crippen LogP contribution in [0.2, 0.25) is 5.02 Å². The number of halogens is 2. The van der Waals surface area contributed by atoms with E-state index in [9.17, 15) is 8.42 Å². The molecule has 0 saturated carbocycles. The number of hydrogen-bond acceptors (Lipinski definition) is 4. The zero-order chi connectivity index (χ0) is 17.6. The summed E-state index contributed by atoms with van der Waals surface area (Å²) in [6.07, 6.45) is 1.58. The fraction of sp³-hybridized carbons (Fsp3) is 0.125. The minimum Gasteiger partial charge on any atom is -0.215 e. The zero-order valence-electron chi connectivity index (χ0n) is 12.8. The van der Waals surface area contributed by atoms with Crippen LogP contribution in [0.1, 0.15) is 11.3 Å². The van der Waals surface area contributed by atoms with E-state index >= 15 is 0 Å². The maximum Gasteiger partial charge on any atom is 0.245 e. The first-order chi connectivity index (χ1) is 11.9. The summed E-state index contributed by atoms with van der Waals surface area (Å²) < 4.78 is 30.2. The molecule has 1 aliphatic rings. The van der Waals surface area contributed by atoms with Crippen LogP contribution < -0.4 is 0 Å². The van der Waals surface area contributed by atoms with Crippen LogP contribution in [-0.2, 0) is 23.1 Å². The summed E-state index contributed by atoms with van der Waals surface area (Å²) in [4.78, 5) is 0.196. The first kappa shape index (κ1) is 16.7. The molecule has 6 nitrogen and oxygen atoms in total. The highest BCUT2D eigenvalue weighted by Gasteiger charge is 2.33. The van der Waals surface area contributed by atoms with Gasteiger partial charge in [0.15, 0.2) is 0 Å². The standard InChI is InChI=1S/C16H12BrClN4O2S/c17-12-4-5-16-15(7-12)22-14(8-19-20-22)10-21(25(16,23)24)9-11-2-1-3-13(18)6-11/h1-8H,9-10H2. The molecule has 0 N–H and O–H groups in total. The van der Waals surface area contributed by atoms with Gasteiger partial charge in [-0.3, -0.25) is 0 Å². The van der Waals surface area contributed by atoms with E-state index in [1.165, 1.54) is 4.31 Å². The second-order valence-corrected chi connectivity index (χ2v) is 8.91. The lowest BCUT2D eigenvalue weighted by molar-refractivity contribution is 0.398. The highest BCUT2D eigenvalue weighted by atomic mass is 79.9. The van der Waals surface area contributed by atoms with E-state index in [-0.39, 0.29) is 18.0 Å². The Hall–Kier alpha value is -1.74. The van der Waals surface area contributed by atoms with Crippen molar-refractivity contribution in [2.45, 2.75) is 18.0 Å². The number of nitrogens with zero attached hydrogens (tertiary/aromatic N) is 4. The Balaban J connectivity index is 1.86. The van der Waals surface area contributed by atoms with Crippen LogP contribution in [0.15, 0.2) is 58.0 Å². The molecule has 0 amide bonds. The Bertz CT molecular complexity index is 1070. The first-order valence-corrected chi connectivity index (χ1v) is 10.0. The number of rotatable bonds is 2. The van der Waals surface area contributed by atoms with Crippen molar-refractivity contribution in [2.24, 2.45) is 0 Å². The molecule has 2 aromatic carbocycles. The molecule has 25 heavy (non-hydrogen) atoms. The summed E-state index contributed by atoms with van der Waals surface area (Å²) in [7, 11) is -3.70. The molecule has 4 rings (SSSR count). The number of hydrogen-bond donors (Lipinski definition) is 0. The van der Waals surface area contributed by atoms with E-state index in [4.69, 9.17) is 11.6 Å². The summed E-state index contributed by atoms with van der Waals surface area (Å²) in [6, 6.07) is 12.2. The fourth-order valence-electron chi connectivity index (χ4n) is 2.83. The molecule has 3 aromatic rings. The van der Waals surface area contributed by atoms with Crippen LogP contribution in [0.5, 0.6) is 0 Å². The average Bonchev–Trinajstić information content (AvgIpc) is 2.99. The predicted octanol–water partition coefficient (Wildman–Crippen LogP) is 3.39. The fourth-order valence-corrected chi connectivity index (χ4v) is 4.94. The number of fused-ring (bicyclic) bond motifs is 3. The van der Waals surface area contributed by atoms with Gasteiger partial charge in [-0.2, -0.15) is 4.31 Å². The van der Waals surface area contributed by atoms with Gasteiger partial charge in [0.05, 0.1) is 24.1 Å². The van der Waals surface area contributed by atoms with E-state index in [0.29, 0.717) is 16.4 Å². The second-order valence-electron chi connectivity index (χ2n) is 5.65. The highest BCUT2D eigenvalue weighted by molar-refractivity contribution is 9.10. The van der Waals surface area contributed by atoms with Crippen LogP contribution in [0.25, 0.3) is 5.69 Å². The van der Waals surface area contributed by atoms with Crippen LogP contribution in [0, 0.1) is 0 Å². The Morgan fingerprint density at radius 2 is 2.04 bits per heavy atom. The van der Waals surface area contributed by atoms with Gasteiger partial charge in [0.1, 0.15) is 4.90 Å². The average molecular weight is 440 g/mol. The zero-order valence-corrected chi connectivity index (χ0v) is 16.0. The largest absolute Gasteiger partial charge is 0.245 e. The monoisotopic (exact) mass is 438 g/mol. The molecular weight excluding hydrogens is 428 g/mol. The Kier molecular flexibility index (Phi) is 4.15. The van der Waals surface area contributed by atoms with Crippen molar-refractivity contribution in [1.82, 2.24) is 19.3 Å². The van der Waals surface area contributed by atoms with Gasteiger partial charge in [0.25, 0.3) is 0 Å². The minimum atomic E-state index is -3.70. The molecule has 2 heterocycles. The molecular formula is C16H12BrClN4O2S. The van der Waals surface area contributed by atoms with Crippen molar-refractivity contribution in [3.05, 3.63) is 69.4 Å². The van der Waals surface area contributed by atoms with Crippen LogP contribution >= 0.6 is 27.5 Å². The van der Waals surface area contributed by atoms with E-state index in [1.807, 2.05) is 6.07 Å². The molecule has 128 valence electrons. The Labute approximate surface area is 158 Å². The maximum atomic E-state index is 13.2. The topological polar surface area (TPSA) is 68.1 Å². The lowest BCUT2D eigenvalue weighted by atomic mass is 10.2. The molecule has 0 atom stereocenters. The third-order valence-corrected chi connectivity index (χ3v) is 6.54. The maximum absolute atomic E-state index is 13.2. The quantitative estimate of drug-likeness (QED) is 0.614. The van der Waals surface area contributed by atoms with Crippen molar-refractivity contribution < 1.29 is 8.42 Å². The molecule has 0 aliphatic carbocycles. The molecule has 1 aliphatic heterocycles. The summed E-state index contributed by atoms with van der Waals surface area (Å²) in [6.45, 7) is 0.387. The van der Waals surface area contributed by atoms with Crippen LogP contribution in [-0.4, -0.2) is 27.7 Å². The third-order valence-electron chi connectivity index (χ3n) is 3.97. The lowest BCUT2D eigenvalue weighted by Gasteiger charge is -2.20. The van der Waals surface area contributed by atoms with E-state index in [2.05, 4.69) is 26.2 Å². The molecule has 0 saturated heterocycles. The van der Waals surface area contributed by atoms with Crippen molar-refractivity contribution >= 4 is 37.6 Å². The van der Waals surface area contributed by atoms with E-state index < -0.39 is 10.0 Å². The first-order valence-electron chi connectivity index (χ1n) is 7.39. The highest BCUT2D eigenvalue weighted by Crippen LogP contribution is 2.32. The summed E-state index contributed by atoms with van der Waals surface area (Å²) in [5.41, 5.74) is 1.99. The van der Waals surface area contributed by atoms with Gasteiger partial charge >= 0.3 is 0 Å². The van der Waals surface area contributed by atoms with Gasteiger partial charge in [-0.1, -0.05) is 44.9 Å². The Morgan fingerprint density at radius 1 is 1.20 bits per heavy atom. The normalized spacial score (nSPS) is 16.1. The van der Waals surface area contributed by atoms with Crippen molar-refractivity contribution in [1.29, 1.82) is 0 Å². The summed E-state index contributed by atoms with van der Waals surface area (Å²) in [5, 5.41) is 8.56. The van der Waals surface area contributed by atoms with Crippen LogP contribution in [0.3, 0.4) is 0 Å². The van der Waals surface area contributed by atoms with Gasteiger partial charge in [-0.15, -0.1) is 5.10 Å². The SMILES string of the molecule is O=S1(=O)c2ccc(Br)cc2-n2nncc2CN1Cc1cccc(Cl)c1. The summed E-state index contributed by atoms with van der Waals surface area (Å²) >= 11 is 9.42. The minimum absolute atomic E-state index is 0.175. The molecule has 1 aromatic heterocycles. The van der Waals surface area contributed by atoms with Crippen molar-refractivity contribution in [3.8, 4) is 5.69 Å². The molecule has 0 radical (unpaired) electrons. The predicted molar refractivity (Wildman–Crippen MR) is 96.9 cm³/mol. The number of benzene rings is 2. The van der Waals surface area contributed by atoms with Gasteiger partial charge in [0, 0.05) is 16.0 Å². The van der Waals surface area contributed by atoms with Gasteiger partial charge in [-0.25, -0.2) is 13.1 Å². The van der Waals surface area contributed by atoms with Crippen LogP contribution in [0.4, 0.5) is 0 Å². The molecule has 0 fully saturated rings. The summed E-state index contributed by atoms with van der Waals surface area (Å²) in [5.74, 6) is 0. The number of aromatic nitrogens is 3. The van der Waals surface area contributed by atoms with Crippen molar-refractivity contribution in [2.75, 3.05) is 0 Å². The molecule has 0 bridgehead atoms. The van der Waals surface area contributed by atoms with Gasteiger partial charge < -0.3 is 0 Å². The molecule has 0 spiro atoms. The molecule has 9 heteroatoms. The van der Waals surface area contributed by atoms with E-state index in [0.717, 1.165) is 10.0 Å². The Morgan fingerprint density at radius 3 is 2.84 bits per heavy atom. The second kappa shape index (κ2) is 6.21. The van der Waals surface area contributed by atoms with Gasteiger partial charge in [0.2, 0.25) is 10.0 Å². The number of sulfonamides is 1. The van der Waals surface area contributed by atoms with Gasteiger partial charge in [-0.05, 0) is 35.9 Å². The lowest BCUT2D eigenvalue weighted by Crippen LogP contribution is -2.29.